The maximum absolute atomic E-state index is 12.7. The predicted octanol–water partition coefficient (Wildman–Crippen LogP) is 1.70. The highest BCUT2D eigenvalue weighted by molar-refractivity contribution is 7.99. The summed E-state index contributed by atoms with van der Waals surface area (Å²) in [5.74, 6) is 0.767. The first-order valence-corrected chi connectivity index (χ1v) is 8.12. The number of ether oxygens (including phenoxy) is 1. The van der Waals surface area contributed by atoms with Crippen molar-refractivity contribution in [2.45, 2.75) is 18.1 Å². The Hall–Kier alpha value is -2.37. The van der Waals surface area contributed by atoms with Crippen LogP contribution < -0.4 is 5.56 Å². The molecule has 2 heterocycles. The van der Waals surface area contributed by atoms with Gasteiger partial charge in [0, 0.05) is 20.3 Å². The summed E-state index contributed by atoms with van der Waals surface area (Å²) in [5, 5.41) is 18.3. The number of benzene rings is 1. The number of thioether (sulfide) groups is 1. The van der Waals surface area contributed by atoms with Crippen LogP contribution in [0.3, 0.4) is 0 Å². The van der Waals surface area contributed by atoms with Crippen LogP contribution in [-0.4, -0.2) is 38.6 Å². The molecule has 1 aromatic carbocycles. The molecule has 0 bridgehead atoms. The first-order valence-electron chi connectivity index (χ1n) is 7.13. The van der Waals surface area contributed by atoms with Crippen LogP contribution in [0.15, 0.2) is 34.2 Å². The summed E-state index contributed by atoms with van der Waals surface area (Å²) >= 11 is 1.30. The number of methoxy groups -OCH3 is 1. The minimum Gasteiger partial charge on any atom is -0.385 e. The van der Waals surface area contributed by atoms with Crippen molar-refractivity contribution in [1.29, 1.82) is 5.26 Å². The largest absolute Gasteiger partial charge is 0.385 e. The van der Waals surface area contributed by atoms with Crippen LogP contribution in [0.2, 0.25) is 0 Å². The number of aryl methyl sites for hydroxylation is 1. The average molecular weight is 329 g/mol. The number of para-hydroxylation sites is 1. The molecule has 0 aliphatic carbocycles. The second kappa shape index (κ2) is 6.81. The number of hydrogen-bond donors (Lipinski definition) is 0. The van der Waals surface area contributed by atoms with Crippen LogP contribution in [0, 0.1) is 11.3 Å². The molecule has 0 saturated carbocycles. The molecule has 2 aromatic heterocycles. The molecule has 23 heavy (non-hydrogen) atoms. The van der Waals surface area contributed by atoms with Gasteiger partial charge in [-0.3, -0.25) is 13.8 Å². The van der Waals surface area contributed by atoms with E-state index in [-0.39, 0.29) is 11.3 Å². The van der Waals surface area contributed by atoms with Crippen molar-refractivity contribution in [1.82, 2.24) is 19.2 Å². The molecular weight excluding hydrogens is 314 g/mol. The summed E-state index contributed by atoms with van der Waals surface area (Å²) in [4.78, 5) is 12.7. The van der Waals surface area contributed by atoms with Gasteiger partial charge in [-0.05, 0) is 18.6 Å². The van der Waals surface area contributed by atoms with Gasteiger partial charge in [-0.1, -0.05) is 23.9 Å². The fourth-order valence-corrected chi connectivity index (χ4v) is 3.09. The standard InChI is InChI=1S/C15H15N5O2S/c1-22-9-4-8-19-13(21)11-5-2-3-6-12(11)20-14(19)17-18-15(20)23-10-7-16/h2-3,5-6H,4,8-10H2,1H3. The monoisotopic (exact) mass is 329 g/mol. The maximum atomic E-state index is 12.7. The lowest BCUT2D eigenvalue weighted by Crippen LogP contribution is -2.24. The Morgan fingerprint density at radius 3 is 2.96 bits per heavy atom. The second-order valence-corrected chi connectivity index (χ2v) is 5.83. The Kier molecular flexibility index (Phi) is 4.60. The second-order valence-electron chi connectivity index (χ2n) is 4.89. The molecule has 118 valence electrons. The van der Waals surface area contributed by atoms with Crippen LogP contribution >= 0.6 is 11.8 Å². The molecule has 0 aliphatic heterocycles. The van der Waals surface area contributed by atoms with Gasteiger partial charge in [-0.15, -0.1) is 10.2 Å². The molecule has 0 atom stereocenters. The Bertz CT molecular complexity index is 941. The van der Waals surface area contributed by atoms with Crippen molar-refractivity contribution in [3.63, 3.8) is 0 Å². The van der Waals surface area contributed by atoms with Crippen LogP contribution in [0.1, 0.15) is 6.42 Å². The predicted molar refractivity (Wildman–Crippen MR) is 87.6 cm³/mol. The number of hydrogen-bond acceptors (Lipinski definition) is 6. The van der Waals surface area contributed by atoms with Gasteiger partial charge in [0.05, 0.1) is 22.7 Å². The van der Waals surface area contributed by atoms with E-state index in [2.05, 4.69) is 16.3 Å². The molecule has 3 aromatic rings. The highest BCUT2D eigenvalue weighted by Gasteiger charge is 2.16. The summed E-state index contributed by atoms with van der Waals surface area (Å²) in [6.07, 6.45) is 0.706. The third kappa shape index (κ3) is 2.81. The first kappa shape index (κ1) is 15.5. The molecule has 0 unspecified atom stereocenters. The van der Waals surface area contributed by atoms with Gasteiger partial charge < -0.3 is 4.74 Å². The molecule has 0 fully saturated rings. The van der Waals surface area contributed by atoms with Gasteiger partial charge in [0.15, 0.2) is 5.16 Å². The quantitative estimate of drug-likeness (QED) is 0.505. The Morgan fingerprint density at radius 2 is 2.17 bits per heavy atom. The number of fused-ring (bicyclic) bond motifs is 3. The van der Waals surface area contributed by atoms with Gasteiger partial charge in [-0.25, -0.2) is 0 Å². The Balaban J connectivity index is 2.25. The van der Waals surface area contributed by atoms with E-state index in [0.717, 1.165) is 5.52 Å². The molecule has 0 N–H and O–H groups in total. The van der Waals surface area contributed by atoms with Crippen molar-refractivity contribution >= 4 is 28.4 Å². The van der Waals surface area contributed by atoms with E-state index in [1.54, 1.807) is 17.7 Å². The summed E-state index contributed by atoms with van der Waals surface area (Å²) in [5.41, 5.74) is 0.661. The Morgan fingerprint density at radius 1 is 1.35 bits per heavy atom. The first-order chi connectivity index (χ1) is 11.3. The molecule has 7 nitrogen and oxygen atoms in total. The van der Waals surface area contributed by atoms with Crippen molar-refractivity contribution < 1.29 is 4.74 Å². The normalized spacial score (nSPS) is 11.1. The molecule has 0 amide bonds. The average Bonchev–Trinajstić information content (AvgIpc) is 3.00. The summed E-state index contributed by atoms with van der Waals surface area (Å²) < 4.78 is 8.52. The molecule has 0 saturated heterocycles. The zero-order valence-corrected chi connectivity index (χ0v) is 13.4. The van der Waals surface area contributed by atoms with Crippen LogP contribution in [0.4, 0.5) is 0 Å². The fraction of sp³-hybridized carbons (Fsp3) is 0.333. The van der Waals surface area contributed by atoms with E-state index < -0.39 is 0 Å². The SMILES string of the molecule is COCCCn1c(=O)c2ccccc2n2c(SCC#N)nnc12. The summed E-state index contributed by atoms with van der Waals surface area (Å²) in [6.45, 7) is 1.07. The van der Waals surface area contributed by atoms with Crippen LogP contribution in [0.5, 0.6) is 0 Å². The third-order valence-corrected chi connectivity index (χ3v) is 4.27. The topological polar surface area (TPSA) is 85.2 Å². The van der Waals surface area contributed by atoms with E-state index in [0.29, 0.717) is 35.9 Å². The highest BCUT2D eigenvalue weighted by atomic mass is 32.2. The van der Waals surface area contributed by atoms with Crippen LogP contribution in [0.25, 0.3) is 16.7 Å². The molecule has 0 aliphatic rings. The van der Waals surface area contributed by atoms with Crippen LogP contribution in [-0.2, 0) is 11.3 Å². The molecular formula is C15H15N5O2S. The molecule has 3 rings (SSSR count). The van der Waals surface area contributed by atoms with Gasteiger partial charge in [0.1, 0.15) is 0 Å². The van der Waals surface area contributed by atoms with Crippen molar-refractivity contribution in [3.05, 3.63) is 34.6 Å². The lowest BCUT2D eigenvalue weighted by Gasteiger charge is -2.10. The fourth-order valence-electron chi connectivity index (χ4n) is 2.49. The van der Waals surface area contributed by atoms with Gasteiger partial charge in [0.25, 0.3) is 5.56 Å². The number of nitrogens with zero attached hydrogens (tertiary/aromatic N) is 5. The Labute approximate surface area is 136 Å². The summed E-state index contributed by atoms with van der Waals surface area (Å²) in [6, 6.07) is 9.45. The van der Waals surface area contributed by atoms with E-state index >= 15 is 0 Å². The minimum atomic E-state index is -0.0894. The molecule has 8 heteroatoms. The smallest absolute Gasteiger partial charge is 0.262 e. The van der Waals surface area contributed by atoms with Crippen molar-refractivity contribution in [3.8, 4) is 6.07 Å². The number of nitriles is 1. The zero-order valence-electron chi connectivity index (χ0n) is 12.6. The van der Waals surface area contributed by atoms with E-state index in [9.17, 15) is 4.79 Å². The van der Waals surface area contributed by atoms with E-state index in [1.165, 1.54) is 11.8 Å². The lowest BCUT2D eigenvalue weighted by atomic mass is 10.2. The minimum absolute atomic E-state index is 0.0894. The van der Waals surface area contributed by atoms with Gasteiger partial charge in [0.2, 0.25) is 5.78 Å². The highest BCUT2D eigenvalue weighted by Crippen LogP contribution is 2.21. The summed E-state index contributed by atoms with van der Waals surface area (Å²) in [7, 11) is 1.63. The van der Waals surface area contributed by atoms with Gasteiger partial charge in [-0.2, -0.15) is 5.26 Å². The maximum Gasteiger partial charge on any atom is 0.262 e. The van der Waals surface area contributed by atoms with E-state index in [4.69, 9.17) is 10.00 Å². The van der Waals surface area contributed by atoms with E-state index in [1.807, 2.05) is 22.6 Å². The molecule has 0 radical (unpaired) electrons. The zero-order chi connectivity index (χ0) is 16.2. The third-order valence-electron chi connectivity index (χ3n) is 3.47. The number of aromatic nitrogens is 4. The lowest BCUT2D eigenvalue weighted by molar-refractivity contribution is 0.190. The number of rotatable bonds is 6. The van der Waals surface area contributed by atoms with Crippen molar-refractivity contribution in [2.75, 3.05) is 19.5 Å². The van der Waals surface area contributed by atoms with Crippen molar-refractivity contribution in [2.24, 2.45) is 0 Å². The molecule has 0 spiro atoms. The van der Waals surface area contributed by atoms with Gasteiger partial charge >= 0.3 is 0 Å².